The predicted molar refractivity (Wildman–Crippen MR) is 138 cm³/mol. The van der Waals surface area contributed by atoms with Gasteiger partial charge in [0.1, 0.15) is 5.82 Å². The molecule has 4 rings (SSSR count). The molecular weight excluding hydrogens is 563 g/mol. The summed E-state index contributed by atoms with van der Waals surface area (Å²) in [6, 6.07) is 7.68. The van der Waals surface area contributed by atoms with E-state index >= 15 is 0 Å². The largest absolute Gasteiger partial charge is 0.381 e. The van der Waals surface area contributed by atoms with Gasteiger partial charge in [-0.3, -0.25) is 19.3 Å². The lowest BCUT2D eigenvalue weighted by atomic mass is 9.91. The number of aliphatic hydroxyl groups is 7. The number of rotatable bonds is 10. The Labute approximate surface area is 238 Å². The Morgan fingerprint density at radius 3 is 2.36 bits per heavy atom. The van der Waals surface area contributed by atoms with E-state index < -0.39 is 53.7 Å². The van der Waals surface area contributed by atoms with Crippen LogP contribution in [0.4, 0.5) is 10.1 Å². The van der Waals surface area contributed by atoms with Crippen LogP contribution in [0.5, 0.6) is 0 Å². The van der Waals surface area contributed by atoms with Crippen LogP contribution < -0.4 is 10.6 Å². The van der Waals surface area contributed by atoms with Gasteiger partial charge in [0.05, 0.1) is 19.8 Å². The quantitative estimate of drug-likeness (QED) is 0.0976. The predicted octanol–water partition coefficient (Wildman–Crippen LogP) is -3.18. The minimum absolute atomic E-state index is 0.00761. The number of likely N-dealkylation sites (N-methyl/N-ethyl adjacent to an activating group) is 1. The van der Waals surface area contributed by atoms with Crippen molar-refractivity contribution in [1.82, 2.24) is 15.1 Å². The van der Waals surface area contributed by atoms with Crippen molar-refractivity contribution >= 4 is 23.8 Å². The zero-order chi connectivity index (χ0) is 31.1. The molecule has 0 radical (unpaired) electrons. The Hall–Kier alpha value is -3.58. The lowest BCUT2D eigenvalue weighted by Gasteiger charge is -2.46. The molecule has 15 nitrogen and oxygen atoms in total. The third-order valence-electron chi connectivity index (χ3n) is 7.42. The van der Waals surface area contributed by atoms with Crippen molar-refractivity contribution in [3.05, 3.63) is 64.5 Å². The molecule has 0 aliphatic carbocycles. The molecule has 2 aromatic carbocycles. The average molecular weight is 595 g/mol. The average Bonchev–Trinajstić information content (AvgIpc) is 3.33. The fourth-order valence-corrected chi connectivity index (χ4v) is 4.91. The van der Waals surface area contributed by atoms with E-state index in [1.165, 1.54) is 35.2 Å². The van der Waals surface area contributed by atoms with Crippen LogP contribution in [0, 0.1) is 5.82 Å². The van der Waals surface area contributed by atoms with Gasteiger partial charge in [-0.2, -0.15) is 0 Å². The Kier molecular flexibility index (Phi) is 8.40. The topological polar surface area (TPSA) is 233 Å². The van der Waals surface area contributed by atoms with E-state index in [1.54, 1.807) is 0 Å². The number of nitrogens with zero attached hydrogens (tertiary/aromatic N) is 2. The van der Waals surface area contributed by atoms with Gasteiger partial charge in [0.15, 0.2) is 6.29 Å². The smallest absolute Gasteiger partial charge is 0.285 e. The van der Waals surface area contributed by atoms with Gasteiger partial charge in [-0.25, -0.2) is 9.29 Å². The van der Waals surface area contributed by atoms with Crippen LogP contribution in [0.15, 0.2) is 36.4 Å². The molecule has 2 aliphatic heterocycles. The molecule has 42 heavy (non-hydrogen) atoms. The third-order valence-corrected chi connectivity index (χ3v) is 7.42. The minimum atomic E-state index is -4.31. The van der Waals surface area contributed by atoms with Gasteiger partial charge < -0.3 is 51.1 Å². The number of hydrogen-bond acceptors (Lipinski definition) is 13. The fourth-order valence-electron chi connectivity index (χ4n) is 4.91. The molecule has 228 valence electrons. The number of carbonyl (C=O) groups excluding carboxylic acids is 3. The summed E-state index contributed by atoms with van der Waals surface area (Å²) in [5, 5.41) is 78.1. The van der Waals surface area contributed by atoms with Gasteiger partial charge in [-0.15, -0.1) is 0 Å². The second kappa shape index (κ2) is 11.3. The summed E-state index contributed by atoms with van der Waals surface area (Å²) in [7, 11) is 0.955. The Bertz CT molecular complexity index is 1380. The second-order valence-electron chi connectivity index (χ2n) is 9.89. The van der Waals surface area contributed by atoms with E-state index in [0.29, 0.717) is 0 Å². The first-order valence-corrected chi connectivity index (χ1v) is 12.7. The van der Waals surface area contributed by atoms with Crippen LogP contribution in [0.2, 0.25) is 0 Å². The molecule has 2 aromatic rings. The molecule has 2 heterocycles. The summed E-state index contributed by atoms with van der Waals surface area (Å²) in [5.41, 5.74) is -3.66. The summed E-state index contributed by atoms with van der Waals surface area (Å²) in [4.78, 5) is 38.7. The molecule has 2 aliphatic rings. The van der Waals surface area contributed by atoms with Gasteiger partial charge in [0.25, 0.3) is 35.0 Å². The highest BCUT2D eigenvalue weighted by atomic mass is 19.1. The van der Waals surface area contributed by atoms with Crippen molar-refractivity contribution in [3.8, 4) is 0 Å². The van der Waals surface area contributed by atoms with Gasteiger partial charge in [-0.1, -0.05) is 6.07 Å². The lowest BCUT2D eigenvalue weighted by molar-refractivity contribution is -0.398. The van der Waals surface area contributed by atoms with Gasteiger partial charge in [0.2, 0.25) is 0 Å². The van der Waals surface area contributed by atoms with Gasteiger partial charge in [-0.05, 0) is 30.3 Å². The summed E-state index contributed by atoms with van der Waals surface area (Å²) in [6.07, 6.45) is -0.739. The van der Waals surface area contributed by atoms with Crippen molar-refractivity contribution in [1.29, 1.82) is 0 Å². The van der Waals surface area contributed by atoms with E-state index in [2.05, 4.69) is 5.32 Å². The zero-order valence-electron chi connectivity index (χ0n) is 22.3. The number of benzene rings is 2. The highest BCUT2D eigenvalue weighted by molar-refractivity contribution is 6.03. The first-order chi connectivity index (χ1) is 19.6. The molecule has 1 atom stereocenters. The monoisotopic (exact) mass is 594 g/mol. The molecule has 0 saturated carbocycles. The number of morpholine rings is 1. The van der Waals surface area contributed by atoms with Crippen LogP contribution >= 0.6 is 0 Å². The molecule has 0 spiro atoms. The first kappa shape index (κ1) is 31.4. The zero-order valence-corrected chi connectivity index (χ0v) is 22.3. The van der Waals surface area contributed by atoms with E-state index in [0.717, 1.165) is 13.1 Å². The van der Waals surface area contributed by atoms with E-state index in [9.17, 15) is 54.5 Å². The summed E-state index contributed by atoms with van der Waals surface area (Å²) >= 11 is 0. The molecule has 0 aromatic heterocycles. The van der Waals surface area contributed by atoms with Crippen LogP contribution in [0.25, 0.3) is 0 Å². The maximum absolute atomic E-state index is 14.8. The summed E-state index contributed by atoms with van der Waals surface area (Å²) < 4.78 is 20.0. The molecule has 9 N–H and O–H groups in total. The molecule has 1 saturated heterocycles. The highest BCUT2D eigenvalue weighted by Crippen LogP contribution is 2.40. The Morgan fingerprint density at radius 2 is 1.74 bits per heavy atom. The molecule has 0 bridgehead atoms. The number of hydrogen-bond donors (Lipinski definition) is 9. The molecule has 1 fully saturated rings. The molecule has 16 heteroatoms. The maximum atomic E-state index is 14.8. The molecular formula is C26H31FN4O11. The number of amides is 2. The van der Waals surface area contributed by atoms with E-state index in [4.69, 9.17) is 4.74 Å². The standard InChI is InChI=1S/C26H31FN4O11/c1-28-22(34)24(37,26(40,41)23(35,36)14-32)31-13-18-17(21(31)33)3-2-4-20(18)29-12-15-11-16(5-6-19(15)27)25(38,39)30-7-9-42-10-8-30/h2-6,11,14,29,35-41H,7-10,12-13H2,1H3,(H,28,34). The van der Waals surface area contributed by atoms with Crippen LogP contribution in [0.1, 0.15) is 27.0 Å². The number of fused-ring (bicyclic) bond motifs is 1. The van der Waals surface area contributed by atoms with Crippen molar-refractivity contribution in [3.63, 3.8) is 0 Å². The SMILES string of the molecule is CNC(=O)C(O)(N1Cc2c(NCc3cc(C(O)(O)N4CCOCC4)ccc3F)cccc2C1=O)C(O)(O)C(O)(O)C=O. The minimum Gasteiger partial charge on any atom is -0.381 e. The van der Waals surface area contributed by atoms with E-state index in [1.807, 2.05) is 5.32 Å². The van der Waals surface area contributed by atoms with Crippen molar-refractivity contribution in [2.45, 2.75) is 36.3 Å². The fraction of sp³-hybridized carbons (Fsp3) is 0.423. The van der Waals surface area contributed by atoms with Crippen LogP contribution in [0.3, 0.4) is 0 Å². The number of ether oxygens (including phenoxy) is 1. The summed E-state index contributed by atoms with van der Waals surface area (Å²) in [6.45, 7) is 0.0738. The molecule has 1 unspecified atom stereocenters. The highest BCUT2D eigenvalue weighted by Gasteiger charge is 2.70. The number of halogens is 1. The number of carbonyl (C=O) groups is 3. The van der Waals surface area contributed by atoms with Crippen molar-refractivity contribution in [2.24, 2.45) is 0 Å². The number of aldehydes is 1. The Morgan fingerprint density at radius 1 is 1.07 bits per heavy atom. The van der Waals surface area contributed by atoms with Gasteiger partial charge in [0, 0.05) is 54.6 Å². The van der Waals surface area contributed by atoms with E-state index in [-0.39, 0.29) is 65.7 Å². The first-order valence-electron chi connectivity index (χ1n) is 12.7. The normalized spacial score (nSPS) is 17.9. The van der Waals surface area contributed by atoms with Gasteiger partial charge >= 0.3 is 0 Å². The maximum Gasteiger partial charge on any atom is 0.285 e. The number of nitrogens with one attached hydrogen (secondary N) is 2. The number of anilines is 1. The second-order valence-corrected chi connectivity index (χ2v) is 9.89. The Balaban J connectivity index is 1.63. The summed E-state index contributed by atoms with van der Waals surface area (Å²) in [5.74, 6) is -14.3. The van der Waals surface area contributed by atoms with Crippen molar-refractivity contribution < 1.29 is 59.3 Å². The molecule has 2 amide bonds. The van der Waals surface area contributed by atoms with Crippen LogP contribution in [-0.2, 0) is 33.3 Å². The third kappa shape index (κ3) is 5.02. The van der Waals surface area contributed by atoms with Crippen molar-refractivity contribution in [2.75, 3.05) is 38.7 Å². The van der Waals surface area contributed by atoms with Crippen LogP contribution in [-0.4, -0.2) is 114 Å². The lowest BCUT2D eigenvalue weighted by Crippen LogP contribution is -2.78.